The van der Waals surface area contributed by atoms with Gasteiger partial charge in [0.1, 0.15) is 5.82 Å². The number of likely N-dealkylation sites (tertiary alicyclic amines) is 1. The lowest BCUT2D eigenvalue weighted by Gasteiger charge is -2.16. The van der Waals surface area contributed by atoms with Crippen LogP contribution < -0.4 is 10.6 Å². The Morgan fingerprint density at radius 3 is 2.88 bits per heavy atom. The minimum absolute atomic E-state index is 0.0255. The Labute approximate surface area is 148 Å². The van der Waals surface area contributed by atoms with E-state index < -0.39 is 0 Å². The van der Waals surface area contributed by atoms with E-state index in [0.29, 0.717) is 12.5 Å². The molecule has 1 fully saturated rings. The van der Waals surface area contributed by atoms with Crippen molar-refractivity contribution >= 4 is 17.4 Å². The van der Waals surface area contributed by atoms with Crippen LogP contribution in [-0.4, -0.2) is 51.8 Å². The summed E-state index contributed by atoms with van der Waals surface area (Å²) in [5, 5.41) is 10.7. The van der Waals surface area contributed by atoms with Crippen LogP contribution in [0.1, 0.15) is 17.8 Å². The number of rotatable bonds is 6. The second-order valence-corrected chi connectivity index (χ2v) is 6.70. The smallest absolute Gasteiger partial charge is 0.238 e. The zero-order chi connectivity index (χ0) is 17.8. The molecular weight excluding hydrogens is 316 g/mol. The molecule has 25 heavy (non-hydrogen) atoms. The second kappa shape index (κ2) is 7.65. The van der Waals surface area contributed by atoms with Crippen LogP contribution in [0.2, 0.25) is 0 Å². The summed E-state index contributed by atoms with van der Waals surface area (Å²) >= 11 is 0. The van der Waals surface area contributed by atoms with Gasteiger partial charge in [0.2, 0.25) is 5.91 Å². The molecule has 7 nitrogen and oxygen atoms in total. The minimum Gasteiger partial charge on any atom is -0.370 e. The van der Waals surface area contributed by atoms with Crippen molar-refractivity contribution in [2.45, 2.75) is 20.3 Å². The number of nitrogens with one attached hydrogen (secondary N) is 2. The van der Waals surface area contributed by atoms with Crippen molar-refractivity contribution < 1.29 is 4.79 Å². The van der Waals surface area contributed by atoms with Crippen molar-refractivity contribution in [2.75, 3.05) is 36.8 Å². The van der Waals surface area contributed by atoms with Crippen molar-refractivity contribution in [1.29, 1.82) is 0 Å². The first-order valence-electron chi connectivity index (χ1n) is 8.70. The zero-order valence-electron chi connectivity index (χ0n) is 15.1. The maximum absolute atomic E-state index is 12.4. The highest BCUT2D eigenvalue weighted by Gasteiger charge is 2.24. The molecule has 0 spiro atoms. The normalized spacial score (nSPS) is 17.6. The maximum atomic E-state index is 12.4. The number of aryl methyl sites for hydroxylation is 2. The van der Waals surface area contributed by atoms with E-state index in [2.05, 4.69) is 25.6 Å². The van der Waals surface area contributed by atoms with Crippen molar-refractivity contribution in [3.05, 3.63) is 35.8 Å². The highest BCUT2D eigenvalue weighted by molar-refractivity contribution is 5.93. The molecule has 7 heteroatoms. The first-order chi connectivity index (χ1) is 12.0. The molecule has 0 bridgehead atoms. The van der Waals surface area contributed by atoms with Gasteiger partial charge in [0.05, 0.1) is 23.6 Å². The van der Waals surface area contributed by atoms with Crippen LogP contribution in [0.5, 0.6) is 0 Å². The Hall–Kier alpha value is -2.41. The van der Waals surface area contributed by atoms with E-state index in [1.54, 1.807) is 10.9 Å². The van der Waals surface area contributed by atoms with E-state index in [4.69, 9.17) is 0 Å². The fraction of sp³-hybridized carbons (Fsp3) is 0.500. The third kappa shape index (κ3) is 4.36. The monoisotopic (exact) mass is 342 g/mol. The molecule has 0 saturated carbocycles. The Bertz CT molecular complexity index is 727. The zero-order valence-corrected chi connectivity index (χ0v) is 15.1. The summed E-state index contributed by atoms with van der Waals surface area (Å²) in [6.45, 7) is 7.07. The third-order valence-electron chi connectivity index (χ3n) is 4.75. The predicted molar refractivity (Wildman–Crippen MR) is 98.6 cm³/mol. The maximum Gasteiger partial charge on any atom is 0.238 e. The molecule has 0 aromatic carbocycles. The average Bonchev–Trinajstić information content (AvgIpc) is 3.14. The fourth-order valence-electron chi connectivity index (χ4n) is 3.28. The molecule has 1 aliphatic heterocycles. The number of amides is 1. The number of carbonyl (C=O) groups excluding carboxylic acids is 1. The largest absolute Gasteiger partial charge is 0.370 e. The standard InChI is InChI=1S/C18H26N6O/c1-13-18(14(2)23(3)22-13)21-17(25)12-24-9-7-15(11-24)10-20-16-6-4-5-8-19-16/h4-6,8,15H,7,9-12H2,1-3H3,(H,19,20)(H,21,25)/t15-/m1/s1. The number of hydrogen-bond acceptors (Lipinski definition) is 5. The summed E-state index contributed by atoms with van der Waals surface area (Å²) in [6, 6.07) is 5.86. The molecule has 3 rings (SSSR count). The number of pyridine rings is 1. The minimum atomic E-state index is 0.0255. The van der Waals surface area contributed by atoms with Gasteiger partial charge < -0.3 is 10.6 Å². The van der Waals surface area contributed by atoms with Gasteiger partial charge >= 0.3 is 0 Å². The average molecular weight is 342 g/mol. The topological polar surface area (TPSA) is 75.1 Å². The molecule has 1 saturated heterocycles. The highest BCUT2D eigenvalue weighted by atomic mass is 16.2. The molecular formula is C18H26N6O. The Balaban J connectivity index is 1.45. The van der Waals surface area contributed by atoms with Gasteiger partial charge in [0.25, 0.3) is 0 Å². The van der Waals surface area contributed by atoms with Crippen LogP contribution in [0.25, 0.3) is 0 Å². The van der Waals surface area contributed by atoms with Gasteiger partial charge in [0, 0.05) is 26.3 Å². The van der Waals surface area contributed by atoms with Gasteiger partial charge in [-0.25, -0.2) is 4.98 Å². The fourth-order valence-corrected chi connectivity index (χ4v) is 3.28. The number of nitrogens with zero attached hydrogens (tertiary/aromatic N) is 4. The van der Waals surface area contributed by atoms with Crippen LogP contribution in [0.15, 0.2) is 24.4 Å². The van der Waals surface area contributed by atoms with Crippen LogP contribution >= 0.6 is 0 Å². The summed E-state index contributed by atoms with van der Waals surface area (Å²) in [6.07, 6.45) is 2.88. The highest BCUT2D eigenvalue weighted by Crippen LogP contribution is 2.20. The molecule has 0 unspecified atom stereocenters. The molecule has 134 valence electrons. The lowest BCUT2D eigenvalue weighted by Crippen LogP contribution is -2.32. The van der Waals surface area contributed by atoms with E-state index in [9.17, 15) is 4.79 Å². The number of hydrogen-bond donors (Lipinski definition) is 2. The second-order valence-electron chi connectivity index (χ2n) is 6.70. The summed E-state index contributed by atoms with van der Waals surface area (Å²) in [4.78, 5) is 18.8. The molecule has 2 aromatic rings. The van der Waals surface area contributed by atoms with Crippen LogP contribution in [0, 0.1) is 19.8 Å². The quantitative estimate of drug-likeness (QED) is 0.837. The Morgan fingerprint density at radius 2 is 2.20 bits per heavy atom. The molecule has 2 N–H and O–H groups in total. The molecule has 1 atom stereocenters. The van der Waals surface area contributed by atoms with Crippen molar-refractivity contribution in [1.82, 2.24) is 19.7 Å². The number of carbonyl (C=O) groups is 1. The van der Waals surface area contributed by atoms with Gasteiger partial charge in [-0.15, -0.1) is 0 Å². The van der Waals surface area contributed by atoms with Gasteiger partial charge in [-0.05, 0) is 44.9 Å². The van der Waals surface area contributed by atoms with Gasteiger partial charge in [-0.1, -0.05) is 6.07 Å². The summed E-state index contributed by atoms with van der Waals surface area (Å²) in [7, 11) is 1.89. The molecule has 0 radical (unpaired) electrons. The van der Waals surface area contributed by atoms with E-state index in [1.807, 2.05) is 39.1 Å². The molecule has 3 heterocycles. The van der Waals surface area contributed by atoms with Crippen molar-refractivity contribution in [3.63, 3.8) is 0 Å². The molecule has 1 aliphatic rings. The summed E-state index contributed by atoms with van der Waals surface area (Å²) < 4.78 is 1.79. The number of anilines is 2. The van der Waals surface area contributed by atoms with Crippen LogP contribution in [0.4, 0.5) is 11.5 Å². The van der Waals surface area contributed by atoms with Crippen LogP contribution in [-0.2, 0) is 11.8 Å². The summed E-state index contributed by atoms with van der Waals surface area (Å²) in [5.41, 5.74) is 2.66. The summed E-state index contributed by atoms with van der Waals surface area (Å²) in [5.74, 6) is 1.47. The van der Waals surface area contributed by atoms with E-state index >= 15 is 0 Å². The van der Waals surface area contributed by atoms with Gasteiger partial charge in [0.15, 0.2) is 0 Å². The van der Waals surface area contributed by atoms with Crippen molar-refractivity contribution in [3.8, 4) is 0 Å². The Kier molecular flexibility index (Phi) is 5.33. The van der Waals surface area contributed by atoms with E-state index in [1.165, 1.54) is 0 Å². The van der Waals surface area contributed by atoms with Gasteiger partial charge in [-0.3, -0.25) is 14.4 Å². The van der Waals surface area contributed by atoms with Gasteiger partial charge in [-0.2, -0.15) is 5.10 Å². The third-order valence-corrected chi connectivity index (χ3v) is 4.75. The molecule has 1 amide bonds. The molecule has 0 aliphatic carbocycles. The Morgan fingerprint density at radius 1 is 1.36 bits per heavy atom. The lowest BCUT2D eigenvalue weighted by molar-refractivity contribution is -0.117. The predicted octanol–water partition coefficient (Wildman–Crippen LogP) is 1.80. The lowest BCUT2D eigenvalue weighted by atomic mass is 10.1. The first kappa shape index (κ1) is 17.4. The first-order valence-corrected chi connectivity index (χ1v) is 8.70. The van der Waals surface area contributed by atoms with Crippen LogP contribution in [0.3, 0.4) is 0 Å². The molecule has 2 aromatic heterocycles. The van der Waals surface area contributed by atoms with E-state index in [0.717, 1.165) is 48.9 Å². The van der Waals surface area contributed by atoms with Crippen molar-refractivity contribution in [2.24, 2.45) is 13.0 Å². The number of aromatic nitrogens is 3. The van der Waals surface area contributed by atoms with E-state index in [-0.39, 0.29) is 5.91 Å². The SMILES string of the molecule is Cc1nn(C)c(C)c1NC(=O)CN1CC[C@H](CNc2ccccn2)C1.